The number of amides is 1. The minimum Gasteiger partial charge on any atom is -0.341 e. The van der Waals surface area contributed by atoms with Gasteiger partial charge in [0.25, 0.3) is 0 Å². The van der Waals surface area contributed by atoms with Gasteiger partial charge in [-0.1, -0.05) is 12.8 Å². The van der Waals surface area contributed by atoms with E-state index in [1.54, 1.807) is 4.68 Å². The van der Waals surface area contributed by atoms with E-state index in [1.165, 1.54) is 12.8 Å². The van der Waals surface area contributed by atoms with Crippen molar-refractivity contribution in [3.8, 4) is 0 Å². The maximum Gasteiger partial charge on any atom is 0.239 e. The molecule has 2 heterocycles. The molecule has 1 atom stereocenters. The fourth-order valence-electron chi connectivity index (χ4n) is 2.67. The van der Waals surface area contributed by atoms with Crippen molar-refractivity contribution in [1.82, 2.24) is 20.0 Å². The fourth-order valence-corrected chi connectivity index (χ4v) is 2.67. The molecule has 1 saturated heterocycles. The van der Waals surface area contributed by atoms with Gasteiger partial charge in [0.15, 0.2) is 0 Å². The zero-order chi connectivity index (χ0) is 14.4. The summed E-state index contributed by atoms with van der Waals surface area (Å²) in [6.07, 6.45) is 7.61. The molecule has 2 rings (SSSR count). The number of aromatic nitrogens is 2. The average molecular weight is 278 g/mol. The van der Waals surface area contributed by atoms with Crippen LogP contribution < -0.4 is 5.32 Å². The van der Waals surface area contributed by atoms with Crippen molar-refractivity contribution in [1.29, 1.82) is 0 Å². The number of hydrogen-bond donors (Lipinski definition) is 1. The lowest BCUT2D eigenvalue weighted by Gasteiger charge is -2.24. The van der Waals surface area contributed by atoms with Gasteiger partial charge in [-0.25, -0.2) is 0 Å². The lowest BCUT2D eigenvalue weighted by molar-refractivity contribution is -0.133. The van der Waals surface area contributed by atoms with Crippen molar-refractivity contribution in [2.75, 3.05) is 19.6 Å². The molecule has 0 saturated carbocycles. The highest BCUT2D eigenvalue weighted by molar-refractivity contribution is 5.81. The fraction of sp³-hybridized carbons (Fsp3) is 0.733. The van der Waals surface area contributed by atoms with E-state index in [-0.39, 0.29) is 11.9 Å². The highest BCUT2D eigenvalue weighted by atomic mass is 16.2. The smallest absolute Gasteiger partial charge is 0.239 e. The van der Waals surface area contributed by atoms with Crippen LogP contribution in [0.4, 0.5) is 0 Å². The quantitative estimate of drug-likeness (QED) is 0.884. The second-order valence-corrected chi connectivity index (χ2v) is 5.65. The summed E-state index contributed by atoms with van der Waals surface area (Å²) in [5.41, 5.74) is 1.06. The van der Waals surface area contributed by atoms with Crippen molar-refractivity contribution in [2.24, 2.45) is 7.05 Å². The zero-order valence-corrected chi connectivity index (χ0v) is 12.6. The Kier molecular flexibility index (Phi) is 5.59. The maximum absolute atomic E-state index is 12.3. The van der Waals surface area contributed by atoms with E-state index in [1.807, 2.05) is 31.1 Å². The Morgan fingerprint density at radius 3 is 2.65 bits per heavy atom. The Hall–Kier alpha value is -1.36. The number of aryl methyl sites for hydroxylation is 1. The minimum atomic E-state index is -0.100. The summed E-state index contributed by atoms with van der Waals surface area (Å²) in [4.78, 5) is 14.4. The van der Waals surface area contributed by atoms with E-state index in [4.69, 9.17) is 0 Å². The van der Waals surface area contributed by atoms with E-state index < -0.39 is 0 Å². The van der Waals surface area contributed by atoms with Crippen LogP contribution in [0.1, 0.15) is 38.3 Å². The monoisotopic (exact) mass is 278 g/mol. The Morgan fingerprint density at radius 1 is 1.35 bits per heavy atom. The molecule has 0 spiro atoms. The third kappa shape index (κ3) is 4.34. The highest BCUT2D eigenvalue weighted by Crippen LogP contribution is 2.10. The Morgan fingerprint density at radius 2 is 2.05 bits per heavy atom. The van der Waals surface area contributed by atoms with Crippen LogP contribution in [0.3, 0.4) is 0 Å². The lowest BCUT2D eigenvalue weighted by Crippen LogP contribution is -2.45. The second kappa shape index (κ2) is 7.43. The molecular formula is C15H26N4O. The van der Waals surface area contributed by atoms with E-state index in [0.717, 1.165) is 44.6 Å². The molecule has 1 N–H and O–H groups in total. The number of carbonyl (C=O) groups excluding carboxylic acids is 1. The van der Waals surface area contributed by atoms with Crippen molar-refractivity contribution in [2.45, 2.75) is 45.1 Å². The average Bonchev–Trinajstić information content (AvgIpc) is 2.68. The predicted octanol–water partition coefficient (Wildman–Crippen LogP) is 1.34. The summed E-state index contributed by atoms with van der Waals surface area (Å²) >= 11 is 0. The van der Waals surface area contributed by atoms with Gasteiger partial charge in [-0.3, -0.25) is 9.48 Å². The summed E-state index contributed by atoms with van der Waals surface area (Å²) in [6.45, 7) is 4.60. The molecule has 1 aliphatic rings. The van der Waals surface area contributed by atoms with E-state index in [2.05, 4.69) is 10.4 Å². The van der Waals surface area contributed by atoms with Gasteiger partial charge in [0, 0.05) is 39.3 Å². The number of nitrogens with one attached hydrogen (secondary N) is 1. The number of hydrogen-bond acceptors (Lipinski definition) is 3. The van der Waals surface area contributed by atoms with Gasteiger partial charge in [0.05, 0.1) is 11.7 Å². The summed E-state index contributed by atoms with van der Waals surface area (Å²) in [5, 5.41) is 7.65. The molecule has 1 aromatic heterocycles. The Bertz CT molecular complexity index is 421. The second-order valence-electron chi connectivity index (χ2n) is 5.65. The molecule has 20 heavy (non-hydrogen) atoms. The van der Waals surface area contributed by atoms with Gasteiger partial charge in [-0.2, -0.15) is 5.10 Å². The molecule has 1 aliphatic heterocycles. The first-order valence-electron chi connectivity index (χ1n) is 7.67. The van der Waals surface area contributed by atoms with E-state index in [9.17, 15) is 4.79 Å². The molecule has 112 valence electrons. The van der Waals surface area contributed by atoms with Crippen LogP contribution in [0, 0.1) is 0 Å². The van der Waals surface area contributed by atoms with Crippen molar-refractivity contribution in [3.05, 3.63) is 18.0 Å². The molecule has 0 radical (unpaired) electrons. The SMILES string of the molecule is CC(NCCc1ccn(C)n1)C(=O)N1CCCCCC1. The molecular weight excluding hydrogens is 252 g/mol. The van der Waals surface area contributed by atoms with Gasteiger partial charge in [-0.05, 0) is 25.8 Å². The van der Waals surface area contributed by atoms with Crippen LogP contribution in [0.2, 0.25) is 0 Å². The normalized spacial score (nSPS) is 17.8. The summed E-state index contributed by atoms with van der Waals surface area (Å²) < 4.78 is 1.81. The molecule has 0 aromatic carbocycles. The van der Waals surface area contributed by atoms with Gasteiger partial charge in [0.1, 0.15) is 0 Å². The molecule has 1 aromatic rings. The van der Waals surface area contributed by atoms with Crippen molar-refractivity contribution >= 4 is 5.91 Å². The first-order chi connectivity index (χ1) is 9.66. The first kappa shape index (κ1) is 15.0. The summed E-state index contributed by atoms with van der Waals surface area (Å²) in [6, 6.07) is 1.92. The van der Waals surface area contributed by atoms with Gasteiger partial charge >= 0.3 is 0 Å². The molecule has 1 fully saturated rings. The third-order valence-corrected chi connectivity index (χ3v) is 3.89. The largest absolute Gasteiger partial charge is 0.341 e. The standard InChI is InChI=1S/C15H26N4O/c1-13(15(20)19-10-5-3-4-6-11-19)16-9-7-14-8-12-18(2)17-14/h8,12-13,16H,3-7,9-11H2,1-2H3. The predicted molar refractivity (Wildman–Crippen MR) is 79.4 cm³/mol. The highest BCUT2D eigenvalue weighted by Gasteiger charge is 2.20. The molecule has 5 nitrogen and oxygen atoms in total. The first-order valence-corrected chi connectivity index (χ1v) is 7.67. The number of likely N-dealkylation sites (tertiary alicyclic amines) is 1. The number of rotatable bonds is 5. The van der Waals surface area contributed by atoms with Crippen LogP contribution in [0.5, 0.6) is 0 Å². The van der Waals surface area contributed by atoms with Crippen LogP contribution in [-0.2, 0) is 18.3 Å². The lowest BCUT2D eigenvalue weighted by atomic mass is 10.2. The molecule has 0 aliphatic carbocycles. The topological polar surface area (TPSA) is 50.2 Å². The van der Waals surface area contributed by atoms with Crippen LogP contribution in [0.25, 0.3) is 0 Å². The zero-order valence-electron chi connectivity index (χ0n) is 12.6. The maximum atomic E-state index is 12.3. The minimum absolute atomic E-state index is 0.100. The van der Waals surface area contributed by atoms with Crippen LogP contribution in [-0.4, -0.2) is 46.3 Å². The van der Waals surface area contributed by atoms with Crippen LogP contribution >= 0.6 is 0 Å². The summed E-state index contributed by atoms with van der Waals surface area (Å²) in [5.74, 6) is 0.243. The van der Waals surface area contributed by atoms with Crippen molar-refractivity contribution < 1.29 is 4.79 Å². The Balaban J connectivity index is 1.73. The van der Waals surface area contributed by atoms with E-state index in [0.29, 0.717) is 0 Å². The third-order valence-electron chi connectivity index (χ3n) is 3.89. The van der Waals surface area contributed by atoms with Gasteiger partial charge < -0.3 is 10.2 Å². The number of nitrogens with zero attached hydrogens (tertiary/aromatic N) is 3. The molecule has 1 amide bonds. The van der Waals surface area contributed by atoms with Crippen LogP contribution in [0.15, 0.2) is 12.3 Å². The molecule has 5 heteroatoms. The van der Waals surface area contributed by atoms with Crippen molar-refractivity contribution in [3.63, 3.8) is 0 Å². The molecule has 1 unspecified atom stereocenters. The summed E-state index contributed by atoms with van der Waals surface area (Å²) in [7, 11) is 1.92. The van der Waals surface area contributed by atoms with Gasteiger partial charge in [0.2, 0.25) is 5.91 Å². The van der Waals surface area contributed by atoms with Gasteiger partial charge in [-0.15, -0.1) is 0 Å². The molecule has 0 bridgehead atoms. The van der Waals surface area contributed by atoms with E-state index >= 15 is 0 Å². The number of carbonyl (C=O) groups is 1. The Labute approximate surface area is 121 Å².